The molecule has 2 saturated heterocycles. The Morgan fingerprint density at radius 2 is 1.97 bits per heavy atom. The molecule has 2 fully saturated rings. The van der Waals surface area contributed by atoms with Crippen molar-refractivity contribution in [2.45, 2.75) is 19.9 Å². The number of carbonyl (C=O) groups excluding carboxylic acids is 2. The van der Waals surface area contributed by atoms with E-state index in [0.717, 1.165) is 16.1 Å². The third kappa shape index (κ3) is 4.85. The lowest BCUT2D eigenvalue weighted by atomic mass is 10.1. The van der Waals surface area contributed by atoms with Crippen LogP contribution in [0, 0.1) is 5.95 Å². The highest BCUT2D eigenvalue weighted by atomic mass is 19.1. The van der Waals surface area contributed by atoms with E-state index in [1.54, 1.807) is 0 Å². The van der Waals surface area contributed by atoms with Crippen LogP contribution in [0.4, 0.5) is 14.9 Å². The monoisotopic (exact) mass is 495 g/mol. The molecule has 188 valence electrons. The fourth-order valence-electron chi connectivity index (χ4n) is 4.39. The topological polar surface area (TPSA) is 124 Å². The van der Waals surface area contributed by atoms with Gasteiger partial charge in [-0.3, -0.25) is 24.9 Å². The van der Waals surface area contributed by atoms with Gasteiger partial charge in [-0.25, -0.2) is 14.8 Å². The molecule has 0 aromatic carbocycles. The fourth-order valence-corrected chi connectivity index (χ4v) is 4.39. The van der Waals surface area contributed by atoms with E-state index in [4.69, 9.17) is 4.74 Å². The molecule has 0 saturated carbocycles. The Labute approximate surface area is 205 Å². The number of rotatable bonds is 6. The van der Waals surface area contributed by atoms with Crippen molar-refractivity contribution in [2.24, 2.45) is 0 Å². The molecule has 0 bridgehead atoms. The summed E-state index contributed by atoms with van der Waals surface area (Å²) < 4.78 is 19.5. The highest BCUT2D eigenvalue weighted by Gasteiger charge is 2.26. The molecule has 36 heavy (non-hydrogen) atoms. The summed E-state index contributed by atoms with van der Waals surface area (Å²) in [4.78, 5) is 51.2. The number of ether oxygens (including phenoxy) is 1. The molecule has 5 rings (SSSR count). The standard InChI is InChI=1S/C24H26FN7O4/c1-2-16-12-18-19(28-22(16)33)11-15(13-26-18)14-30-5-7-31(8-6-30)20-4-3-17(27-21(20)25)23(34)29-32-9-10-36-24(32)35/h3-4,11-13H,2,5-10,14H2,1H3,(H,28,33)(H,29,34). The third-order valence-electron chi connectivity index (χ3n) is 6.39. The summed E-state index contributed by atoms with van der Waals surface area (Å²) >= 11 is 0. The first-order valence-corrected chi connectivity index (χ1v) is 11.8. The van der Waals surface area contributed by atoms with Gasteiger partial charge in [0.25, 0.3) is 11.5 Å². The van der Waals surface area contributed by atoms with Gasteiger partial charge in [-0.15, -0.1) is 0 Å². The largest absolute Gasteiger partial charge is 0.446 e. The summed E-state index contributed by atoms with van der Waals surface area (Å²) in [5, 5.41) is 1.03. The smallest absolute Gasteiger partial charge is 0.428 e. The van der Waals surface area contributed by atoms with E-state index in [1.165, 1.54) is 12.1 Å². The summed E-state index contributed by atoms with van der Waals surface area (Å²) in [5.41, 5.74) is 5.66. The SMILES string of the molecule is CCc1cc2ncc(CN3CCN(c4ccc(C(=O)NN5CCOC5=O)nc4F)CC3)cc2[nH]c1=O. The van der Waals surface area contributed by atoms with Gasteiger partial charge >= 0.3 is 6.09 Å². The minimum atomic E-state index is -0.741. The number of hydrogen-bond donors (Lipinski definition) is 2. The molecule has 0 aliphatic carbocycles. The van der Waals surface area contributed by atoms with Crippen molar-refractivity contribution in [1.82, 2.24) is 30.3 Å². The molecule has 3 aromatic rings. The minimum Gasteiger partial charge on any atom is -0.446 e. The summed E-state index contributed by atoms with van der Waals surface area (Å²) in [6.45, 7) is 5.57. The van der Waals surface area contributed by atoms with Crippen LogP contribution in [-0.4, -0.2) is 76.2 Å². The average Bonchev–Trinajstić information content (AvgIpc) is 3.28. The van der Waals surface area contributed by atoms with Crippen molar-refractivity contribution in [3.05, 3.63) is 63.6 Å². The number of piperazine rings is 1. The van der Waals surface area contributed by atoms with Crippen molar-refractivity contribution >= 4 is 28.7 Å². The summed E-state index contributed by atoms with van der Waals surface area (Å²) in [5.74, 6) is -1.42. The van der Waals surface area contributed by atoms with Gasteiger partial charge in [0.2, 0.25) is 5.95 Å². The molecule has 11 nitrogen and oxygen atoms in total. The van der Waals surface area contributed by atoms with E-state index in [2.05, 4.69) is 25.3 Å². The second kappa shape index (κ2) is 9.90. The number of cyclic esters (lactones) is 1. The number of nitrogens with zero attached hydrogens (tertiary/aromatic N) is 5. The lowest BCUT2D eigenvalue weighted by Gasteiger charge is -2.36. The normalized spacial score (nSPS) is 16.4. The maximum Gasteiger partial charge on any atom is 0.428 e. The van der Waals surface area contributed by atoms with Crippen LogP contribution in [-0.2, 0) is 17.7 Å². The number of aryl methyl sites for hydroxylation is 1. The molecule has 2 N–H and O–H groups in total. The van der Waals surface area contributed by atoms with Gasteiger partial charge in [-0.05, 0) is 36.2 Å². The molecule has 0 radical (unpaired) electrons. The summed E-state index contributed by atoms with van der Waals surface area (Å²) in [6, 6.07) is 6.75. The summed E-state index contributed by atoms with van der Waals surface area (Å²) in [7, 11) is 0. The van der Waals surface area contributed by atoms with Crippen LogP contribution in [0.3, 0.4) is 0 Å². The number of fused-ring (bicyclic) bond motifs is 1. The van der Waals surface area contributed by atoms with Gasteiger partial charge in [0, 0.05) is 44.5 Å². The average molecular weight is 496 g/mol. The fraction of sp³-hybridized carbons (Fsp3) is 0.375. The zero-order chi connectivity index (χ0) is 25.2. The minimum absolute atomic E-state index is 0.0877. The van der Waals surface area contributed by atoms with Crippen LogP contribution < -0.4 is 15.9 Å². The maximum absolute atomic E-state index is 14.8. The van der Waals surface area contributed by atoms with Crippen LogP contribution in [0.1, 0.15) is 28.5 Å². The van der Waals surface area contributed by atoms with Gasteiger partial charge < -0.3 is 14.6 Å². The number of halogens is 1. The molecule has 2 amide bonds. The molecular formula is C24H26FN7O4. The van der Waals surface area contributed by atoms with Gasteiger partial charge in [-0.2, -0.15) is 4.39 Å². The van der Waals surface area contributed by atoms with Crippen molar-refractivity contribution in [1.29, 1.82) is 0 Å². The molecule has 12 heteroatoms. The number of H-pyrrole nitrogens is 1. The predicted molar refractivity (Wildman–Crippen MR) is 129 cm³/mol. The van der Waals surface area contributed by atoms with Crippen LogP contribution >= 0.6 is 0 Å². The Morgan fingerprint density at radius 1 is 1.17 bits per heavy atom. The predicted octanol–water partition coefficient (Wildman–Crippen LogP) is 1.44. The van der Waals surface area contributed by atoms with E-state index in [-0.39, 0.29) is 24.4 Å². The Kier molecular flexibility index (Phi) is 6.51. The number of carbonyl (C=O) groups is 2. The molecule has 0 unspecified atom stereocenters. The van der Waals surface area contributed by atoms with E-state index < -0.39 is 17.9 Å². The molecule has 0 spiro atoms. The maximum atomic E-state index is 14.8. The second-order valence-corrected chi connectivity index (χ2v) is 8.73. The molecule has 0 atom stereocenters. The van der Waals surface area contributed by atoms with Gasteiger partial charge in [-0.1, -0.05) is 6.92 Å². The number of aromatic nitrogens is 3. The van der Waals surface area contributed by atoms with Crippen molar-refractivity contribution in [3.63, 3.8) is 0 Å². The van der Waals surface area contributed by atoms with Crippen LogP contribution in [0.15, 0.2) is 35.3 Å². The highest BCUT2D eigenvalue weighted by Crippen LogP contribution is 2.21. The first kappa shape index (κ1) is 23.7. The Bertz CT molecular complexity index is 1370. The van der Waals surface area contributed by atoms with E-state index in [9.17, 15) is 18.8 Å². The zero-order valence-corrected chi connectivity index (χ0v) is 19.8. The number of nitrogens with one attached hydrogen (secondary N) is 2. The van der Waals surface area contributed by atoms with Gasteiger partial charge in [0.05, 0.1) is 23.3 Å². The Balaban J connectivity index is 1.19. The first-order valence-electron chi connectivity index (χ1n) is 11.8. The lowest BCUT2D eigenvalue weighted by Crippen LogP contribution is -2.46. The second-order valence-electron chi connectivity index (χ2n) is 8.73. The third-order valence-corrected chi connectivity index (χ3v) is 6.39. The Hall–Kier alpha value is -4.06. The number of anilines is 1. The molecule has 2 aliphatic rings. The molecular weight excluding hydrogens is 469 g/mol. The van der Waals surface area contributed by atoms with Crippen molar-refractivity contribution < 1.29 is 18.7 Å². The van der Waals surface area contributed by atoms with E-state index >= 15 is 0 Å². The number of hydrogen-bond acceptors (Lipinski definition) is 8. The van der Waals surface area contributed by atoms with Gasteiger partial charge in [0.15, 0.2) is 0 Å². The van der Waals surface area contributed by atoms with Crippen LogP contribution in [0.5, 0.6) is 0 Å². The number of hydrazine groups is 1. The van der Waals surface area contributed by atoms with Crippen LogP contribution in [0.2, 0.25) is 0 Å². The molecule has 3 aromatic heterocycles. The Morgan fingerprint density at radius 3 is 2.67 bits per heavy atom. The number of aromatic amines is 1. The first-order chi connectivity index (χ1) is 17.4. The quantitative estimate of drug-likeness (QED) is 0.493. The highest BCUT2D eigenvalue weighted by molar-refractivity contribution is 5.93. The lowest BCUT2D eigenvalue weighted by molar-refractivity contribution is 0.0825. The van der Waals surface area contributed by atoms with Crippen LogP contribution in [0.25, 0.3) is 11.0 Å². The van der Waals surface area contributed by atoms with E-state index in [1.807, 2.05) is 30.2 Å². The number of amides is 2. The summed E-state index contributed by atoms with van der Waals surface area (Å²) in [6.07, 6.45) is 1.82. The zero-order valence-electron chi connectivity index (χ0n) is 19.8. The van der Waals surface area contributed by atoms with Crippen molar-refractivity contribution in [3.8, 4) is 0 Å². The van der Waals surface area contributed by atoms with Crippen molar-refractivity contribution in [2.75, 3.05) is 44.2 Å². The van der Waals surface area contributed by atoms with E-state index in [0.29, 0.717) is 55.9 Å². The van der Waals surface area contributed by atoms with Gasteiger partial charge in [0.1, 0.15) is 12.3 Å². The molecule has 5 heterocycles. The molecule has 2 aliphatic heterocycles. The number of pyridine rings is 3.